The molecule has 0 saturated carbocycles. The van der Waals surface area contributed by atoms with Crippen LogP contribution in [-0.4, -0.2) is 10.5 Å². The van der Waals surface area contributed by atoms with E-state index in [0.717, 1.165) is 5.52 Å². The van der Waals surface area contributed by atoms with Gasteiger partial charge in [-0.25, -0.2) is 10.2 Å². The molecule has 2 aromatic rings. The quantitative estimate of drug-likeness (QED) is 0.464. The van der Waals surface area contributed by atoms with Gasteiger partial charge in [-0.1, -0.05) is 6.07 Å². The minimum atomic E-state index is -0.250. The number of nitrogens with two attached hydrogens (primary N) is 1. The van der Waals surface area contributed by atoms with Gasteiger partial charge < -0.3 is 4.57 Å². The van der Waals surface area contributed by atoms with Crippen molar-refractivity contribution in [3.8, 4) is 0 Å². The molecule has 0 aliphatic rings. The number of hydrogen-bond donors (Lipinski definition) is 2. The zero-order chi connectivity index (χ0) is 11.5. The molecule has 0 spiro atoms. The fourth-order valence-electron chi connectivity index (χ4n) is 1.68. The van der Waals surface area contributed by atoms with E-state index in [1.807, 2.05) is 10.6 Å². The van der Waals surface area contributed by atoms with Crippen LogP contribution in [0, 0.1) is 5.82 Å². The predicted octanol–water partition coefficient (Wildman–Crippen LogP) is 1.16. The number of aryl methyl sites for hydroxylation is 1. The minimum Gasteiger partial charge on any atom is -0.347 e. The summed E-state index contributed by atoms with van der Waals surface area (Å²) < 4.78 is 15.2. The lowest BCUT2D eigenvalue weighted by Crippen LogP contribution is -2.30. The molecule has 0 bridgehead atoms. The van der Waals surface area contributed by atoms with Gasteiger partial charge in [0.15, 0.2) is 0 Å². The highest BCUT2D eigenvalue weighted by atomic mass is 19.1. The van der Waals surface area contributed by atoms with Crippen LogP contribution in [0.5, 0.6) is 0 Å². The van der Waals surface area contributed by atoms with Crippen molar-refractivity contribution in [2.45, 2.75) is 13.0 Å². The number of hydrogen-bond acceptors (Lipinski definition) is 2. The van der Waals surface area contributed by atoms with Crippen LogP contribution < -0.4 is 11.3 Å². The smallest absolute Gasteiger partial charge is 0.235 e. The molecule has 0 radical (unpaired) electrons. The Morgan fingerprint density at radius 3 is 3.00 bits per heavy atom. The molecule has 1 aromatic carbocycles. The summed E-state index contributed by atoms with van der Waals surface area (Å²) in [7, 11) is 0. The molecule has 2 rings (SSSR count). The van der Waals surface area contributed by atoms with E-state index in [0.29, 0.717) is 11.9 Å². The van der Waals surface area contributed by atoms with E-state index in [-0.39, 0.29) is 18.1 Å². The second-order valence-electron chi connectivity index (χ2n) is 3.50. The maximum Gasteiger partial charge on any atom is 0.235 e. The molecule has 1 heterocycles. The maximum atomic E-state index is 13.4. The van der Waals surface area contributed by atoms with Gasteiger partial charge >= 0.3 is 0 Å². The van der Waals surface area contributed by atoms with Gasteiger partial charge in [-0.05, 0) is 18.2 Å². The van der Waals surface area contributed by atoms with E-state index in [2.05, 4.69) is 5.43 Å². The molecule has 1 aromatic heterocycles. The first-order valence-corrected chi connectivity index (χ1v) is 4.95. The number of aromatic nitrogens is 1. The Balaban J connectivity index is 2.25. The molecule has 3 N–H and O–H groups in total. The molecule has 0 aliphatic carbocycles. The summed E-state index contributed by atoms with van der Waals surface area (Å²) in [4.78, 5) is 11.0. The third-order valence-electron chi connectivity index (χ3n) is 2.50. The molecular weight excluding hydrogens is 209 g/mol. The zero-order valence-electron chi connectivity index (χ0n) is 8.61. The number of rotatable bonds is 3. The lowest BCUT2D eigenvalue weighted by atomic mass is 10.2. The van der Waals surface area contributed by atoms with Gasteiger partial charge in [0.1, 0.15) is 5.82 Å². The van der Waals surface area contributed by atoms with Crippen LogP contribution in [0.2, 0.25) is 0 Å². The summed E-state index contributed by atoms with van der Waals surface area (Å²) in [6.07, 6.45) is 2.04. The van der Waals surface area contributed by atoms with E-state index < -0.39 is 0 Å². The lowest BCUT2D eigenvalue weighted by molar-refractivity contribution is -0.121. The van der Waals surface area contributed by atoms with Gasteiger partial charge in [-0.3, -0.25) is 10.2 Å². The van der Waals surface area contributed by atoms with Crippen molar-refractivity contribution in [3.05, 3.63) is 36.3 Å². The normalized spacial score (nSPS) is 10.6. The van der Waals surface area contributed by atoms with Crippen molar-refractivity contribution in [1.82, 2.24) is 9.99 Å². The topological polar surface area (TPSA) is 60.0 Å². The van der Waals surface area contributed by atoms with Crippen LogP contribution in [0.4, 0.5) is 4.39 Å². The molecule has 0 fully saturated rings. The molecule has 0 atom stereocenters. The standard InChI is InChI=1S/C11H12FN3O/c12-9-2-1-3-10-8(9)4-6-15(10)7-5-11(16)14-13/h1-4,6H,5,7,13H2,(H,14,16). The third-order valence-corrected chi connectivity index (χ3v) is 2.50. The molecule has 0 saturated heterocycles. The molecule has 0 unspecified atom stereocenters. The van der Waals surface area contributed by atoms with Crippen LogP contribution in [0.15, 0.2) is 30.5 Å². The summed E-state index contributed by atoms with van der Waals surface area (Å²) in [5.74, 6) is 4.49. The highest BCUT2D eigenvalue weighted by Crippen LogP contribution is 2.19. The number of fused-ring (bicyclic) bond motifs is 1. The van der Waals surface area contributed by atoms with E-state index in [4.69, 9.17) is 5.84 Å². The first-order chi connectivity index (χ1) is 7.72. The summed E-state index contributed by atoms with van der Waals surface area (Å²) in [5.41, 5.74) is 2.84. The van der Waals surface area contributed by atoms with E-state index >= 15 is 0 Å². The molecule has 84 valence electrons. The number of amides is 1. The Morgan fingerprint density at radius 2 is 2.25 bits per heavy atom. The summed E-state index contributed by atoms with van der Waals surface area (Å²) in [6.45, 7) is 0.482. The van der Waals surface area contributed by atoms with Crippen molar-refractivity contribution in [3.63, 3.8) is 0 Å². The molecule has 16 heavy (non-hydrogen) atoms. The summed E-state index contributed by atoms with van der Waals surface area (Å²) in [6, 6.07) is 6.58. The largest absolute Gasteiger partial charge is 0.347 e. The molecule has 4 nitrogen and oxygen atoms in total. The van der Waals surface area contributed by atoms with Crippen LogP contribution in [0.25, 0.3) is 10.9 Å². The number of nitrogens with zero attached hydrogens (tertiary/aromatic N) is 1. The van der Waals surface area contributed by atoms with Crippen molar-refractivity contribution in [2.75, 3.05) is 0 Å². The van der Waals surface area contributed by atoms with Crippen LogP contribution in [0.3, 0.4) is 0 Å². The number of carbonyl (C=O) groups is 1. The molecule has 5 heteroatoms. The van der Waals surface area contributed by atoms with Gasteiger partial charge in [0.2, 0.25) is 5.91 Å². The van der Waals surface area contributed by atoms with Gasteiger partial charge in [-0.15, -0.1) is 0 Å². The number of halogens is 1. The van der Waals surface area contributed by atoms with E-state index in [1.54, 1.807) is 18.3 Å². The molecular formula is C11H12FN3O. The molecule has 0 aliphatic heterocycles. The van der Waals surface area contributed by atoms with Crippen molar-refractivity contribution in [2.24, 2.45) is 5.84 Å². The summed E-state index contributed by atoms with van der Waals surface area (Å²) >= 11 is 0. The van der Waals surface area contributed by atoms with Crippen molar-refractivity contribution >= 4 is 16.8 Å². The Hall–Kier alpha value is -1.88. The van der Waals surface area contributed by atoms with Crippen LogP contribution in [0.1, 0.15) is 6.42 Å². The van der Waals surface area contributed by atoms with Gasteiger partial charge in [0, 0.05) is 24.5 Å². The minimum absolute atomic E-state index is 0.238. The third kappa shape index (κ3) is 1.90. The lowest BCUT2D eigenvalue weighted by Gasteiger charge is -2.04. The first kappa shape index (κ1) is 10.6. The fraction of sp³-hybridized carbons (Fsp3) is 0.182. The Bertz CT molecular complexity index is 521. The van der Waals surface area contributed by atoms with Crippen molar-refractivity contribution in [1.29, 1.82) is 0 Å². The fourth-order valence-corrected chi connectivity index (χ4v) is 1.68. The highest BCUT2D eigenvalue weighted by Gasteiger charge is 2.06. The second-order valence-corrected chi connectivity index (χ2v) is 3.50. The average molecular weight is 221 g/mol. The SMILES string of the molecule is NNC(=O)CCn1ccc2c(F)cccc21. The number of nitrogens with one attached hydrogen (secondary N) is 1. The van der Waals surface area contributed by atoms with E-state index in [9.17, 15) is 9.18 Å². The second kappa shape index (κ2) is 4.32. The maximum absolute atomic E-state index is 13.4. The van der Waals surface area contributed by atoms with Crippen LogP contribution in [-0.2, 0) is 11.3 Å². The summed E-state index contributed by atoms with van der Waals surface area (Å²) in [5, 5.41) is 0.565. The Kier molecular flexibility index (Phi) is 2.87. The Labute approximate surface area is 91.8 Å². The number of carbonyl (C=O) groups excluding carboxylic acids is 1. The van der Waals surface area contributed by atoms with Gasteiger partial charge in [0.05, 0.1) is 5.52 Å². The first-order valence-electron chi connectivity index (χ1n) is 4.95. The predicted molar refractivity (Wildman–Crippen MR) is 58.8 cm³/mol. The van der Waals surface area contributed by atoms with Gasteiger partial charge in [-0.2, -0.15) is 0 Å². The van der Waals surface area contributed by atoms with Gasteiger partial charge in [0.25, 0.3) is 0 Å². The highest BCUT2D eigenvalue weighted by molar-refractivity contribution is 5.81. The van der Waals surface area contributed by atoms with Crippen molar-refractivity contribution < 1.29 is 9.18 Å². The Morgan fingerprint density at radius 1 is 1.44 bits per heavy atom. The zero-order valence-corrected chi connectivity index (χ0v) is 8.61. The number of benzene rings is 1. The monoisotopic (exact) mass is 221 g/mol. The van der Waals surface area contributed by atoms with Crippen LogP contribution >= 0.6 is 0 Å². The molecule has 1 amide bonds. The number of hydrazine groups is 1. The van der Waals surface area contributed by atoms with E-state index in [1.165, 1.54) is 6.07 Å². The average Bonchev–Trinajstić information content (AvgIpc) is 2.70.